The number of ether oxygens (including phenoxy) is 2. The van der Waals surface area contributed by atoms with Crippen LogP contribution in [0.1, 0.15) is 169 Å². The monoisotopic (exact) mass is 1920 g/mol. The van der Waals surface area contributed by atoms with Gasteiger partial charge in [-0.3, -0.25) is 116 Å². The second kappa shape index (κ2) is 51.9. The zero-order valence-electron chi connectivity index (χ0n) is 71.4. The average molecular weight is 1920 g/mol. The van der Waals surface area contributed by atoms with Crippen LogP contribution in [0.2, 0.25) is 0 Å². The topological polar surface area (TPSA) is 487 Å². The van der Waals surface area contributed by atoms with E-state index in [1.165, 1.54) is 81.2 Å². The molecule has 11 fully saturated rings. The van der Waals surface area contributed by atoms with Crippen LogP contribution < -0.4 is 58.5 Å². The number of amides is 9. The summed E-state index contributed by atoms with van der Waals surface area (Å²) in [5.41, 5.74) is 3.51. The lowest BCUT2D eigenvalue weighted by molar-refractivity contribution is -0.179. The summed E-state index contributed by atoms with van der Waals surface area (Å²) in [4.78, 5) is 218. The first kappa shape index (κ1) is 123. The molecule has 20 unspecified atom stereocenters. The van der Waals surface area contributed by atoms with Crippen molar-refractivity contribution >= 4 is 140 Å². The van der Waals surface area contributed by atoms with Gasteiger partial charge in [-0.05, 0) is 134 Å². The van der Waals surface area contributed by atoms with Crippen LogP contribution in [0.15, 0.2) is 82.1 Å². The molecular weight excluding hydrogens is 1770 g/mol. The van der Waals surface area contributed by atoms with E-state index in [0.29, 0.717) is 46.5 Å². The van der Waals surface area contributed by atoms with Gasteiger partial charge in [-0.1, -0.05) is 86.4 Å². The van der Waals surface area contributed by atoms with E-state index in [1.807, 2.05) is 18.2 Å². The van der Waals surface area contributed by atoms with Crippen LogP contribution in [0.4, 0.5) is 0 Å². The molecule has 11 N–H and O–H groups in total. The number of β-lactam (4-membered cyclic amide) rings is 9. The molecule has 0 bridgehead atoms. The van der Waals surface area contributed by atoms with Crippen LogP contribution in [0.25, 0.3) is 0 Å². The summed E-state index contributed by atoms with van der Waals surface area (Å²) in [7, 11) is 15.8. The molecule has 744 valence electrons. The molecule has 18 heterocycles. The van der Waals surface area contributed by atoms with Gasteiger partial charge in [-0.25, -0.2) is 0 Å². The van der Waals surface area contributed by atoms with Gasteiger partial charge in [0, 0.05) is 65.8 Å². The highest BCUT2D eigenvalue weighted by molar-refractivity contribution is 8.03. The molecule has 0 aromatic heterocycles. The number of hydrogen-bond acceptors (Lipinski definition) is 34. The van der Waals surface area contributed by atoms with E-state index < -0.39 is 0 Å². The second-order valence-electron chi connectivity index (χ2n) is 30.7. The normalized spacial score (nSPS) is 29.5. The molecule has 18 rings (SSSR count). The van der Waals surface area contributed by atoms with Crippen molar-refractivity contribution in [3.63, 3.8) is 0 Å². The Morgan fingerprint density at radius 2 is 0.750 bits per heavy atom. The van der Waals surface area contributed by atoms with Crippen molar-refractivity contribution in [2.24, 2.45) is 0 Å². The van der Waals surface area contributed by atoms with Gasteiger partial charge in [0.15, 0.2) is 58.3 Å². The SMILES string of the molecule is C.C.C.C.C.C.C.C.C.C.CNC1C(=O)N2C(C(C)=O)=CCC12.CNC1C(=O)N2C(C(C)=O)=CCCC12.CNC1C(=O)N2C(C(C)=O)=CCOC12.CNC1C(=O)N2C(C(C)=O)=CCSC12.CNC1C(=O)N2C(C(C)=O)=CNC12.CNC1C(=O)N2C(C(C)=O)=COC12.CNC1C(=O)N2C(C(C)=O)=CSC12.CNC1C(=O)N2C(C(C)=O)CCNC12.CNC1C(=O)N2C(C(C)=O)CCSC12. The molecule has 18 aliphatic heterocycles. The fourth-order valence-electron chi connectivity index (χ4n) is 17.1. The molecule has 132 heavy (non-hydrogen) atoms. The van der Waals surface area contributed by atoms with Crippen molar-refractivity contribution in [3.05, 3.63) is 82.1 Å². The lowest BCUT2D eigenvalue weighted by Gasteiger charge is -2.53. The fourth-order valence-corrected chi connectivity index (χ4v) is 21.1. The van der Waals surface area contributed by atoms with Gasteiger partial charge in [0.05, 0.1) is 59.3 Å². The maximum absolute atomic E-state index is 11.6. The number of Topliss-reactive ketones (excluding diaryl/α,β-unsaturated/α-hetero) is 9. The molecule has 0 saturated carbocycles. The first-order valence-electron chi connectivity index (χ1n) is 40.1. The summed E-state index contributed by atoms with van der Waals surface area (Å²) in [5.74, 6) is 1.44. The van der Waals surface area contributed by atoms with E-state index in [4.69, 9.17) is 9.47 Å². The summed E-state index contributed by atoms with van der Waals surface area (Å²) in [6.07, 6.45) is 13.6. The van der Waals surface area contributed by atoms with Crippen LogP contribution in [-0.2, 0) is 95.8 Å². The average Bonchev–Trinajstić information content (AvgIpc) is 1.32. The minimum absolute atomic E-state index is 0. The quantitative estimate of drug-likeness (QED) is 0.0870. The Labute approximate surface area is 792 Å². The molecule has 0 aliphatic carbocycles. The van der Waals surface area contributed by atoms with Gasteiger partial charge in [0.1, 0.15) is 100 Å². The Morgan fingerprint density at radius 1 is 0.356 bits per heavy atom. The molecular formula is C89H150N20O20S3. The number of fused-ring (bicyclic) bond motifs is 9. The Kier molecular flexibility index (Phi) is 48.3. The molecule has 20 atom stereocenters. The van der Waals surface area contributed by atoms with E-state index in [2.05, 4.69) is 58.5 Å². The summed E-state index contributed by atoms with van der Waals surface area (Å²) in [6, 6.07) is -1.49. The molecule has 9 amide bonds. The van der Waals surface area contributed by atoms with Gasteiger partial charge in [-0.2, -0.15) is 0 Å². The third-order valence-electron chi connectivity index (χ3n) is 23.6. The maximum Gasteiger partial charge on any atom is 0.253 e. The number of thioether (sulfide) groups is 3. The first-order valence-corrected chi connectivity index (χ1v) is 43.2. The minimum atomic E-state index is -0.323. The van der Waals surface area contributed by atoms with Crippen LogP contribution >= 0.6 is 35.3 Å². The van der Waals surface area contributed by atoms with E-state index in [0.717, 1.165) is 50.2 Å². The second-order valence-corrected chi connectivity index (χ2v) is 34.0. The van der Waals surface area contributed by atoms with Crippen molar-refractivity contribution in [2.75, 3.05) is 88.1 Å². The summed E-state index contributed by atoms with van der Waals surface area (Å²) >= 11 is 4.97. The molecule has 0 radical (unpaired) electrons. The number of nitrogens with one attached hydrogen (secondary N) is 11. The minimum Gasteiger partial charge on any atom is -0.473 e. The van der Waals surface area contributed by atoms with Gasteiger partial charge < -0.3 is 82.2 Å². The smallest absolute Gasteiger partial charge is 0.253 e. The van der Waals surface area contributed by atoms with Gasteiger partial charge >= 0.3 is 0 Å². The Bertz CT molecular complexity index is 4080. The molecule has 0 aromatic rings. The standard InChI is InChI=1S/C10H14N2O2.C9H15N3O2.C9H12N2O3.C9H14N2O2S.C9H12N2O2S.C9H12N2O2.C8H11N3O2.C8H10N2O3.C8H10N2O2S.10CH4/c1-6(13)7-4-3-5-8-9(11-2)10(14)12(7)8;1-5(13)6-3-4-11-8-7(10-2)9(14)12(6)8;3*1-5(12)6-3-4-14-9-7(10-2)8(13)11(6)9;1-5(12)6-3-4-7-8(10-2)9(13)11(6)7;1-4(12)5-3-10-7-6(9-2)8(13)11(5)7;2*1-4(11)5-3-13-8-6(9-2)7(12)10(5)8;;;;;;;;;;/h4,8-9,11H,3,5H2,1-2H3;6-8,10-11H,3-4H2,1-2H3;3,7,9-10H,4H2,1-2H3;6-7,9-10H,3-4H2,1-2H3;3,7,9-10H,4H2,1-2H3;3,7-8,10H,4H2,1-2H3;3,6-7,9-10H,1-2H3;2*3,6,8-9H,1-2H3;10*1H4. The maximum atomic E-state index is 11.6. The number of ketones is 9. The van der Waals surface area contributed by atoms with Crippen LogP contribution in [0, 0.1) is 0 Å². The number of carbonyl (C=O) groups is 18. The first-order chi connectivity index (χ1) is 58.0. The number of rotatable bonds is 18. The van der Waals surface area contributed by atoms with E-state index in [9.17, 15) is 86.3 Å². The van der Waals surface area contributed by atoms with Gasteiger partial charge in [-0.15, -0.1) is 35.3 Å². The fraction of sp³-hybridized carbons (Fsp3) is 0.640. The zero-order valence-corrected chi connectivity index (χ0v) is 73.8. The number of carbonyl (C=O) groups excluding carboxylic acids is 18. The molecule has 43 heteroatoms. The predicted octanol–water partition coefficient (Wildman–Crippen LogP) is 1.71. The lowest BCUT2D eigenvalue weighted by Crippen LogP contribution is -2.79. The number of hydrogen-bond donors (Lipinski definition) is 11. The molecule has 18 aliphatic rings. The van der Waals surface area contributed by atoms with Crippen molar-refractivity contribution in [1.82, 2.24) is 103 Å². The third-order valence-corrected chi connectivity index (χ3v) is 27.2. The molecule has 11 saturated heterocycles. The number of likely N-dealkylation sites (N-methyl/N-ethyl adjacent to an activating group) is 9. The Balaban J connectivity index is 0.00000145. The van der Waals surface area contributed by atoms with Crippen molar-refractivity contribution in [1.29, 1.82) is 0 Å². The van der Waals surface area contributed by atoms with E-state index in [-0.39, 0.29) is 299 Å². The van der Waals surface area contributed by atoms with Crippen LogP contribution in [-0.4, -0.2) is 357 Å². The van der Waals surface area contributed by atoms with E-state index >= 15 is 0 Å². The molecule has 40 nitrogen and oxygen atoms in total. The number of nitrogens with zero attached hydrogens (tertiary/aromatic N) is 9. The van der Waals surface area contributed by atoms with E-state index in [1.54, 1.807) is 148 Å². The Hall–Kier alpha value is -9.35. The van der Waals surface area contributed by atoms with Gasteiger partial charge in [0.2, 0.25) is 47.6 Å². The highest BCUT2D eigenvalue weighted by atomic mass is 32.2. The summed E-state index contributed by atoms with van der Waals surface area (Å²) < 4.78 is 10.5. The third kappa shape index (κ3) is 22.9. The molecule has 0 aromatic carbocycles. The van der Waals surface area contributed by atoms with Gasteiger partial charge in [0.25, 0.3) is 11.8 Å². The Morgan fingerprint density at radius 3 is 1.24 bits per heavy atom. The lowest BCUT2D eigenvalue weighted by atomic mass is 9.86. The largest absolute Gasteiger partial charge is 0.473 e. The van der Waals surface area contributed by atoms with Crippen LogP contribution in [0.3, 0.4) is 0 Å². The zero-order chi connectivity index (χ0) is 89.8. The number of allylic oxidation sites excluding steroid dienone is 8. The summed E-state index contributed by atoms with van der Waals surface area (Å²) in [6.45, 7) is 14.6. The highest BCUT2D eigenvalue weighted by Gasteiger charge is 2.59. The highest BCUT2D eigenvalue weighted by Crippen LogP contribution is 2.43. The van der Waals surface area contributed by atoms with Crippen molar-refractivity contribution in [3.8, 4) is 0 Å². The van der Waals surface area contributed by atoms with Crippen molar-refractivity contribution < 1.29 is 95.8 Å². The predicted molar refractivity (Wildman–Crippen MR) is 513 cm³/mol. The van der Waals surface area contributed by atoms with Crippen LogP contribution in [0.5, 0.6) is 0 Å². The summed E-state index contributed by atoms with van der Waals surface area (Å²) in [5, 5.41) is 34.7. The van der Waals surface area contributed by atoms with Crippen molar-refractivity contribution in [2.45, 2.75) is 288 Å². The molecule has 0 spiro atoms.